The Morgan fingerprint density at radius 3 is 2.11 bits per heavy atom. The van der Waals surface area contributed by atoms with Gasteiger partial charge in [-0.25, -0.2) is 8.42 Å². The van der Waals surface area contributed by atoms with Crippen LogP contribution in [0.25, 0.3) is 0 Å². The number of hydrogen-bond acceptors (Lipinski definition) is 4. The molecule has 1 N–H and O–H groups in total. The van der Waals surface area contributed by atoms with E-state index in [4.69, 9.17) is 34.8 Å². The minimum Gasteiger partial charge on any atom is -0.355 e. The number of nitrogens with one attached hydrogen (secondary N) is 1. The monoisotopic (exact) mass is 595 g/mol. The van der Waals surface area contributed by atoms with E-state index in [2.05, 4.69) is 5.32 Å². The van der Waals surface area contributed by atoms with Gasteiger partial charge in [0.15, 0.2) is 0 Å². The maximum absolute atomic E-state index is 13.9. The van der Waals surface area contributed by atoms with E-state index in [1.807, 2.05) is 0 Å². The Morgan fingerprint density at radius 1 is 0.895 bits per heavy atom. The molecule has 0 heterocycles. The van der Waals surface area contributed by atoms with Gasteiger partial charge in [-0.15, -0.1) is 0 Å². The van der Waals surface area contributed by atoms with Crippen LogP contribution in [0.2, 0.25) is 15.1 Å². The average molecular weight is 597 g/mol. The Bertz CT molecular complexity index is 1370. The molecule has 0 radical (unpaired) electrons. The predicted molar refractivity (Wildman–Crippen MR) is 152 cm³/mol. The molecule has 0 aliphatic heterocycles. The van der Waals surface area contributed by atoms with Gasteiger partial charge in [-0.05, 0) is 55.8 Å². The molecular weight excluding hydrogens is 569 g/mol. The summed E-state index contributed by atoms with van der Waals surface area (Å²) in [6.45, 7) is 3.22. The number of benzene rings is 3. The highest BCUT2D eigenvalue weighted by atomic mass is 35.5. The van der Waals surface area contributed by atoms with Crippen molar-refractivity contribution in [2.45, 2.75) is 37.8 Å². The van der Waals surface area contributed by atoms with Gasteiger partial charge in [-0.2, -0.15) is 0 Å². The summed E-state index contributed by atoms with van der Waals surface area (Å²) in [5.74, 6) is -0.981. The first-order valence-electron chi connectivity index (χ1n) is 11.9. The van der Waals surface area contributed by atoms with Gasteiger partial charge in [0.2, 0.25) is 11.8 Å². The SMILES string of the molecule is CCNC(=O)[C@@H](CC)N(Cc1c(Cl)cccc1Cl)C(=O)CN(c1cccc(Cl)c1)S(=O)(=O)c1ccccc1. The number of halogens is 3. The average Bonchev–Trinajstić information content (AvgIpc) is 2.89. The van der Waals surface area contributed by atoms with Crippen molar-refractivity contribution >= 4 is 62.3 Å². The molecule has 0 aliphatic rings. The number of carbonyl (C=O) groups is 2. The molecule has 0 saturated carbocycles. The van der Waals surface area contributed by atoms with Gasteiger partial charge in [0, 0.05) is 33.7 Å². The second-order valence-electron chi connectivity index (χ2n) is 8.35. The zero-order valence-electron chi connectivity index (χ0n) is 20.9. The number of sulfonamides is 1. The molecule has 202 valence electrons. The molecule has 0 spiro atoms. The molecule has 2 amide bonds. The Kier molecular flexibility index (Phi) is 10.4. The van der Waals surface area contributed by atoms with Crippen LogP contribution in [0, 0.1) is 0 Å². The lowest BCUT2D eigenvalue weighted by molar-refractivity contribution is -0.140. The lowest BCUT2D eigenvalue weighted by Crippen LogP contribution is -2.52. The van der Waals surface area contributed by atoms with E-state index in [1.165, 1.54) is 23.1 Å². The fourth-order valence-electron chi connectivity index (χ4n) is 3.94. The third kappa shape index (κ3) is 6.99. The number of anilines is 1. The molecule has 3 aromatic carbocycles. The summed E-state index contributed by atoms with van der Waals surface area (Å²) in [6.07, 6.45) is 0.280. The quantitative estimate of drug-likeness (QED) is 0.304. The summed E-state index contributed by atoms with van der Waals surface area (Å²) in [7, 11) is -4.18. The molecule has 1 atom stereocenters. The number of hydrogen-bond donors (Lipinski definition) is 1. The molecule has 38 heavy (non-hydrogen) atoms. The van der Waals surface area contributed by atoms with Gasteiger partial charge >= 0.3 is 0 Å². The molecule has 0 aliphatic carbocycles. The first kappa shape index (κ1) is 29.8. The maximum atomic E-state index is 13.9. The molecule has 0 fully saturated rings. The van der Waals surface area contributed by atoms with Crippen LogP contribution >= 0.6 is 34.8 Å². The van der Waals surface area contributed by atoms with Crippen LogP contribution in [-0.4, -0.2) is 44.3 Å². The topological polar surface area (TPSA) is 86.8 Å². The van der Waals surface area contributed by atoms with Gasteiger partial charge in [0.25, 0.3) is 10.0 Å². The second-order valence-corrected chi connectivity index (χ2v) is 11.5. The van der Waals surface area contributed by atoms with Gasteiger partial charge in [0.05, 0.1) is 10.6 Å². The third-order valence-corrected chi connectivity index (χ3v) is 8.56. The van der Waals surface area contributed by atoms with E-state index in [0.717, 1.165) is 4.31 Å². The number of likely N-dealkylation sites (N-methyl/N-ethyl adjacent to an activating group) is 1. The predicted octanol–water partition coefficient (Wildman–Crippen LogP) is 5.79. The van der Waals surface area contributed by atoms with E-state index < -0.39 is 28.5 Å². The summed E-state index contributed by atoms with van der Waals surface area (Å²) in [6, 6.07) is 18.1. The highest BCUT2D eigenvalue weighted by Gasteiger charge is 2.34. The van der Waals surface area contributed by atoms with Crippen LogP contribution in [0.1, 0.15) is 25.8 Å². The molecule has 0 bridgehead atoms. The highest BCUT2D eigenvalue weighted by molar-refractivity contribution is 7.92. The van der Waals surface area contributed by atoms with Gasteiger partial charge in [-0.3, -0.25) is 13.9 Å². The van der Waals surface area contributed by atoms with Crippen molar-refractivity contribution in [3.05, 3.63) is 93.4 Å². The van der Waals surface area contributed by atoms with Gasteiger partial charge in [-0.1, -0.05) is 72.1 Å². The minimum atomic E-state index is -4.18. The Morgan fingerprint density at radius 2 is 1.53 bits per heavy atom. The zero-order valence-corrected chi connectivity index (χ0v) is 24.0. The number of nitrogens with zero attached hydrogens (tertiary/aromatic N) is 2. The molecule has 0 aromatic heterocycles. The molecular formula is C27H28Cl3N3O4S. The Labute approximate surface area is 238 Å². The summed E-state index contributed by atoms with van der Waals surface area (Å²) in [5, 5.41) is 3.70. The summed E-state index contributed by atoms with van der Waals surface area (Å²) in [5.41, 5.74) is 0.656. The first-order valence-corrected chi connectivity index (χ1v) is 14.5. The van der Waals surface area contributed by atoms with E-state index in [1.54, 1.807) is 68.4 Å². The molecule has 3 aromatic rings. The van der Waals surface area contributed by atoms with Crippen LogP contribution in [-0.2, 0) is 26.2 Å². The second kappa shape index (κ2) is 13.3. The van der Waals surface area contributed by atoms with Gasteiger partial charge in [0.1, 0.15) is 12.6 Å². The van der Waals surface area contributed by atoms with Crippen molar-refractivity contribution in [3.8, 4) is 0 Å². The third-order valence-electron chi connectivity index (χ3n) is 5.83. The molecule has 0 unspecified atom stereocenters. The largest absolute Gasteiger partial charge is 0.355 e. The van der Waals surface area contributed by atoms with Crippen LogP contribution in [0.3, 0.4) is 0 Å². The number of rotatable bonds is 11. The van der Waals surface area contributed by atoms with E-state index in [0.29, 0.717) is 27.2 Å². The van der Waals surface area contributed by atoms with Crippen LogP contribution in [0.15, 0.2) is 77.7 Å². The summed E-state index contributed by atoms with van der Waals surface area (Å²) >= 11 is 19.0. The molecule has 7 nitrogen and oxygen atoms in total. The van der Waals surface area contributed by atoms with Crippen molar-refractivity contribution in [1.82, 2.24) is 10.2 Å². The standard InChI is InChI=1S/C27H28Cl3N3O4S/c1-3-25(27(35)31-4-2)32(17-22-23(29)14-9-15-24(22)30)26(34)18-33(20-11-8-10-19(28)16-20)38(36,37)21-12-6-5-7-13-21/h5-16,25H,3-4,17-18H2,1-2H3,(H,31,35)/t25-/m1/s1. The van der Waals surface area contributed by atoms with Crippen molar-refractivity contribution in [3.63, 3.8) is 0 Å². The maximum Gasteiger partial charge on any atom is 0.264 e. The lowest BCUT2D eigenvalue weighted by Gasteiger charge is -2.33. The minimum absolute atomic E-state index is 0.00393. The van der Waals surface area contributed by atoms with Crippen LogP contribution in [0.5, 0.6) is 0 Å². The molecule has 11 heteroatoms. The summed E-state index contributed by atoms with van der Waals surface area (Å²) in [4.78, 5) is 28.2. The van der Waals surface area contributed by atoms with Crippen LogP contribution in [0.4, 0.5) is 5.69 Å². The van der Waals surface area contributed by atoms with E-state index in [-0.39, 0.29) is 29.5 Å². The van der Waals surface area contributed by atoms with Gasteiger partial charge < -0.3 is 10.2 Å². The van der Waals surface area contributed by atoms with Crippen molar-refractivity contribution in [2.24, 2.45) is 0 Å². The fraction of sp³-hybridized carbons (Fsp3) is 0.259. The van der Waals surface area contributed by atoms with E-state index >= 15 is 0 Å². The normalized spacial score (nSPS) is 12.0. The van der Waals surface area contributed by atoms with Crippen LogP contribution < -0.4 is 9.62 Å². The first-order chi connectivity index (χ1) is 18.1. The van der Waals surface area contributed by atoms with Crippen molar-refractivity contribution in [2.75, 3.05) is 17.4 Å². The number of carbonyl (C=O) groups excluding carboxylic acids is 2. The van der Waals surface area contributed by atoms with E-state index in [9.17, 15) is 18.0 Å². The molecule has 0 saturated heterocycles. The lowest BCUT2D eigenvalue weighted by atomic mass is 10.1. The Balaban J connectivity index is 2.09. The molecule has 3 rings (SSSR count). The van der Waals surface area contributed by atoms with Crippen molar-refractivity contribution < 1.29 is 18.0 Å². The highest BCUT2D eigenvalue weighted by Crippen LogP contribution is 2.29. The zero-order chi connectivity index (χ0) is 27.9. The number of amides is 2. The smallest absolute Gasteiger partial charge is 0.264 e. The summed E-state index contributed by atoms with van der Waals surface area (Å²) < 4.78 is 28.5. The fourth-order valence-corrected chi connectivity index (χ4v) is 6.07. The Hall–Kier alpha value is -2.78. The van der Waals surface area contributed by atoms with Crippen molar-refractivity contribution in [1.29, 1.82) is 0 Å².